The average molecular weight is 238 g/mol. The van der Waals surface area contributed by atoms with E-state index in [2.05, 4.69) is 14.7 Å². The van der Waals surface area contributed by atoms with Crippen LogP contribution in [0.1, 0.15) is 18.4 Å². The Bertz CT molecular complexity index is 485. The van der Waals surface area contributed by atoms with Crippen molar-refractivity contribution in [2.24, 2.45) is 4.99 Å². The summed E-state index contributed by atoms with van der Waals surface area (Å²) in [5.74, 6) is -0.871. The smallest absolute Gasteiger partial charge is 0.343 e. The first-order valence-corrected chi connectivity index (χ1v) is 4.88. The van der Waals surface area contributed by atoms with Gasteiger partial charge < -0.3 is 14.3 Å². The van der Waals surface area contributed by atoms with Gasteiger partial charge in [-0.3, -0.25) is 4.99 Å². The number of rotatable bonds is 3. The van der Waals surface area contributed by atoms with Gasteiger partial charge in [0, 0.05) is 12.8 Å². The second kappa shape index (κ2) is 5.29. The third kappa shape index (κ3) is 2.52. The van der Waals surface area contributed by atoms with Gasteiger partial charge in [-0.2, -0.15) is 0 Å². The van der Waals surface area contributed by atoms with E-state index in [4.69, 9.17) is 4.42 Å². The summed E-state index contributed by atoms with van der Waals surface area (Å²) in [6.07, 6.45) is 1.19. The third-order valence-corrected chi connectivity index (χ3v) is 2.28. The number of ether oxygens (including phenoxy) is 1. The Labute approximate surface area is 98.6 Å². The molecule has 6 nitrogen and oxygen atoms in total. The topological polar surface area (TPSA) is 84.9 Å². The Morgan fingerprint density at radius 3 is 2.65 bits per heavy atom. The zero-order valence-corrected chi connectivity index (χ0v) is 10.1. The van der Waals surface area contributed by atoms with Gasteiger partial charge >= 0.3 is 5.97 Å². The van der Waals surface area contributed by atoms with Crippen molar-refractivity contribution < 1.29 is 19.1 Å². The molecular weight excluding hydrogens is 224 g/mol. The molecule has 17 heavy (non-hydrogen) atoms. The normalized spacial score (nSPS) is 13.3. The fourth-order valence-electron chi connectivity index (χ4n) is 1.27. The zero-order valence-electron chi connectivity index (χ0n) is 10.1. The van der Waals surface area contributed by atoms with Crippen LogP contribution in [0.2, 0.25) is 0 Å². The molecular formula is C11H14N2O4. The molecule has 0 aliphatic rings. The summed E-state index contributed by atoms with van der Waals surface area (Å²) in [5, 5.41) is 10.0. The molecule has 0 bridgehead atoms. The molecule has 0 aliphatic heterocycles. The maximum Gasteiger partial charge on any atom is 0.343 e. The lowest BCUT2D eigenvalue weighted by Gasteiger charge is -2.07. The Kier molecular flexibility index (Phi) is 4.03. The molecule has 0 saturated heterocycles. The summed E-state index contributed by atoms with van der Waals surface area (Å²) >= 11 is 0. The van der Waals surface area contributed by atoms with E-state index in [1.54, 1.807) is 13.8 Å². The molecule has 0 aliphatic carbocycles. The van der Waals surface area contributed by atoms with Crippen LogP contribution >= 0.6 is 0 Å². The van der Waals surface area contributed by atoms with Gasteiger partial charge in [0.25, 0.3) is 0 Å². The number of aliphatic hydroxyl groups is 1. The maximum absolute atomic E-state index is 11.6. The molecule has 0 aromatic carbocycles. The number of aliphatic hydroxyl groups excluding tert-OH is 1. The summed E-state index contributed by atoms with van der Waals surface area (Å²) in [6, 6.07) is 0. The highest BCUT2D eigenvalue weighted by atomic mass is 16.5. The second-order valence-corrected chi connectivity index (χ2v) is 3.29. The Hall–Kier alpha value is -2.11. The lowest BCUT2D eigenvalue weighted by atomic mass is 10.1. The lowest BCUT2D eigenvalue weighted by molar-refractivity contribution is -0.135. The van der Waals surface area contributed by atoms with Gasteiger partial charge in [0.15, 0.2) is 17.9 Å². The molecule has 0 spiro atoms. The van der Waals surface area contributed by atoms with Crippen LogP contribution in [-0.4, -0.2) is 35.9 Å². The average Bonchev–Trinajstić information content (AvgIpc) is 2.74. The number of nitrogens with zero attached hydrogens (tertiary/aromatic N) is 2. The molecule has 0 fully saturated rings. The van der Waals surface area contributed by atoms with E-state index in [9.17, 15) is 9.90 Å². The molecule has 0 radical (unpaired) electrons. The van der Waals surface area contributed by atoms with Gasteiger partial charge in [-0.1, -0.05) is 0 Å². The minimum Gasteiger partial charge on any atom is -0.504 e. The SMILES string of the molecule is CN=C(C)C(C(=O)OC)=C(O)c1ocnc1C. The van der Waals surface area contributed by atoms with Crippen LogP contribution in [0.5, 0.6) is 0 Å². The van der Waals surface area contributed by atoms with Crippen LogP contribution in [0, 0.1) is 6.92 Å². The number of oxazole rings is 1. The zero-order chi connectivity index (χ0) is 13.0. The first-order chi connectivity index (χ1) is 8.02. The Morgan fingerprint density at radius 2 is 2.24 bits per heavy atom. The standard InChI is InChI=1S/C11H14N2O4/c1-6(12-3)8(11(15)16-4)9(14)10-7(2)13-5-17-10/h5,14H,1-4H3. The summed E-state index contributed by atoms with van der Waals surface area (Å²) < 4.78 is 9.61. The van der Waals surface area contributed by atoms with Crippen molar-refractivity contribution in [3.05, 3.63) is 23.4 Å². The summed E-state index contributed by atoms with van der Waals surface area (Å²) in [6.45, 7) is 3.25. The van der Waals surface area contributed by atoms with Crippen LogP contribution in [0.25, 0.3) is 5.76 Å². The number of esters is 1. The number of carbonyl (C=O) groups excluding carboxylic acids is 1. The van der Waals surface area contributed by atoms with E-state index < -0.39 is 5.97 Å². The van der Waals surface area contributed by atoms with Gasteiger partial charge in [-0.15, -0.1) is 0 Å². The number of hydrogen-bond donors (Lipinski definition) is 1. The molecule has 0 atom stereocenters. The van der Waals surface area contributed by atoms with Gasteiger partial charge in [-0.05, 0) is 13.8 Å². The molecule has 0 unspecified atom stereocenters. The summed E-state index contributed by atoms with van der Waals surface area (Å²) in [5.41, 5.74) is 0.799. The van der Waals surface area contributed by atoms with E-state index in [0.717, 1.165) is 0 Å². The monoisotopic (exact) mass is 238 g/mol. The van der Waals surface area contributed by atoms with Gasteiger partial charge in [0.1, 0.15) is 5.57 Å². The molecule has 1 rings (SSSR count). The highest BCUT2D eigenvalue weighted by Crippen LogP contribution is 2.20. The Balaban J connectivity index is 3.39. The second-order valence-electron chi connectivity index (χ2n) is 3.29. The largest absolute Gasteiger partial charge is 0.504 e. The number of aryl methyl sites for hydroxylation is 1. The highest BCUT2D eigenvalue weighted by Gasteiger charge is 2.23. The molecule has 1 aromatic rings. The van der Waals surface area contributed by atoms with Crippen molar-refractivity contribution >= 4 is 17.4 Å². The van der Waals surface area contributed by atoms with Crippen molar-refractivity contribution in [3.63, 3.8) is 0 Å². The van der Waals surface area contributed by atoms with E-state index >= 15 is 0 Å². The van der Waals surface area contributed by atoms with Crippen LogP contribution < -0.4 is 0 Å². The number of aliphatic imine (C=N–C) groups is 1. The number of carbonyl (C=O) groups is 1. The van der Waals surface area contributed by atoms with Crippen LogP contribution in [0.3, 0.4) is 0 Å². The first-order valence-electron chi connectivity index (χ1n) is 4.88. The molecule has 0 saturated carbocycles. The van der Waals surface area contributed by atoms with Crippen molar-refractivity contribution in [1.29, 1.82) is 0 Å². The summed E-state index contributed by atoms with van der Waals surface area (Å²) in [4.78, 5) is 19.3. The molecule has 0 amide bonds. The van der Waals surface area contributed by atoms with E-state index in [1.807, 2.05) is 0 Å². The lowest BCUT2D eigenvalue weighted by Crippen LogP contribution is -2.14. The number of aromatic nitrogens is 1. The fraction of sp³-hybridized carbons (Fsp3) is 0.364. The predicted octanol–water partition coefficient (Wildman–Crippen LogP) is 1.52. The molecule has 1 heterocycles. The minimum absolute atomic E-state index is 0.0325. The van der Waals surface area contributed by atoms with Crippen LogP contribution in [0.4, 0.5) is 0 Å². The van der Waals surface area contributed by atoms with Crippen molar-refractivity contribution in [3.8, 4) is 0 Å². The Morgan fingerprint density at radius 1 is 1.59 bits per heavy atom. The van der Waals surface area contributed by atoms with Crippen molar-refractivity contribution in [2.75, 3.05) is 14.2 Å². The quantitative estimate of drug-likeness (QED) is 0.373. The first kappa shape index (κ1) is 13.0. The molecule has 92 valence electrons. The number of methoxy groups -OCH3 is 1. The molecule has 6 heteroatoms. The van der Waals surface area contributed by atoms with Crippen molar-refractivity contribution in [2.45, 2.75) is 13.8 Å². The highest BCUT2D eigenvalue weighted by molar-refractivity contribution is 6.23. The summed E-state index contributed by atoms with van der Waals surface area (Å²) in [7, 11) is 2.74. The van der Waals surface area contributed by atoms with Gasteiger partial charge in [0.05, 0.1) is 12.8 Å². The van der Waals surface area contributed by atoms with E-state index in [0.29, 0.717) is 11.4 Å². The van der Waals surface area contributed by atoms with Crippen LogP contribution in [-0.2, 0) is 9.53 Å². The maximum atomic E-state index is 11.6. The van der Waals surface area contributed by atoms with Crippen LogP contribution in [0.15, 0.2) is 21.4 Å². The molecule has 1 aromatic heterocycles. The van der Waals surface area contributed by atoms with Gasteiger partial charge in [-0.25, -0.2) is 9.78 Å². The molecule has 1 N–H and O–H groups in total. The fourth-order valence-corrected chi connectivity index (χ4v) is 1.27. The van der Waals surface area contributed by atoms with Crippen molar-refractivity contribution in [1.82, 2.24) is 4.98 Å². The van der Waals surface area contributed by atoms with E-state index in [1.165, 1.54) is 20.6 Å². The number of hydrogen-bond acceptors (Lipinski definition) is 6. The van der Waals surface area contributed by atoms with E-state index in [-0.39, 0.29) is 17.1 Å². The minimum atomic E-state index is -0.679. The third-order valence-electron chi connectivity index (χ3n) is 2.28. The van der Waals surface area contributed by atoms with Gasteiger partial charge in [0.2, 0.25) is 0 Å². The predicted molar refractivity (Wildman–Crippen MR) is 61.8 cm³/mol.